The van der Waals surface area contributed by atoms with Crippen LogP contribution < -0.4 is 5.32 Å². The molecule has 0 atom stereocenters. The minimum Gasteiger partial charge on any atom is -0.388 e. The van der Waals surface area contributed by atoms with Crippen molar-refractivity contribution < 1.29 is 9.84 Å². The second-order valence-electron chi connectivity index (χ2n) is 5.35. The first-order valence-corrected chi connectivity index (χ1v) is 8.03. The van der Waals surface area contributed by atoms with E-state index in [4.69, 9.17) is 16.3 Å². The third-order valence-corrected chi connectivity index (χ3v) is 4.48. The van der Waals surface area contributed by atoms with Gasteiger partial charge in [-0.15, -0.1) is 0 Å². The summed E-state index contributed by atoms with van der Waals surface area (Å²) in [7, 11) is 0. The summed E-state index contributed by atoms with van der Waals surface area (Å²) >= 11 is 9.64. The average Bonchev–Trinajstić information content (AvgIpc) is 2.46. The van der Waals surface area contributed by atoms with Crippen molar-refractivity contribution in [3.63, 3.8) is 0 Å². The van der Waals surface area contributed by atoms with Crippen LogP contribution in [0.2, 0.25) is 5.02 Å². The Morgan fingerprint density at radius 3 is 2.86 bits per heavy atom. The van der Waals surface area contributed by atoms with Gasteiger partial charge in [0.25, 0.3) is 0 Å². The summed E-state index contributed by atoms with van der Waals surface area (Å²) in [4.78, 5) is 4.53. The van der Waals surface area contributed by atoms with Crippen molar-refractivity contribution in [1.82, 2.24) is 4.98 Å². The van der Waals surface area contributed by atoms with Crippen LogP contribution in [0.15, 0.2) is 28.7 Å². The third kappa shape index (κ3) is 3.48. The Kier molecular flexibility index (Phi) is 4.36. The SMILES string of the molecule is OC1(CNc2ccc3cc(Br)cc(Cl)c3n2)CCOCC1. The van der Waals surface area contributed by atoms with Gasteiger partial charge in [0.1, 0.15) is 5.82 Å². The molecule has 1 aliphatic heterocycles. The van der Waals surface area contributed by atoms with Crippen molar-refractivity contribution in [2.75, 3.05) is 25.1 Å². The summed E-state index contributed by atoms with van der Waals surface area (Å²) in [6, 6.07) is 7.67. The summed E-state index contributed by atoms with van der Waals surface area (Å²) in [6.45, 7) is 1.66. The fourth-order valence-electron chi connectivity index (χ4n) is 2.44. The lowest BCUT2D eigenvalue weighted by atomic mass is 9.94. The number of fused-ring (bicyclic) bond motifs is 1. The molecule has 4 nitrogen and oxygen atoms in total. The van der Waals surface area contributed by atoms with Crippen LogP contribution in [0, 0.1) is 0 Å². The Bertz CT molecular complexity index is 659. The molecule has 0 radical (unpaired) electrons. The fraction of sp³-hybridized carbons (Fsp3) is 0.400. The number of pyridine rings is 1. The second kappa shape index (κ2) is 6.08. The molecule has 0 saturated carbocycles. The maximum absolute atomic E-state index is 10.4. The van der Waals surface area contributed by atoms with Crippen molar-refractivity contribution in [3.8, 4) is 0 Å². The van der Waals surface area contributed by atoms with Gasteiger partial charge in [-0.2, -0.15) is 0 Å². The number of nitrogens with one attached hydrogen (secondary N) is 1. The number of ether oxygens (including phenoxy) is 1. The molecule has 0 bridgehead atoms. The van der Waals surface area contributed by atoms with Crippen molar-refractivity contribution in [2.24, 2.45) is 0 Å². The Balaban J connectivity index is 1.78. The average molecular weight is 372 g/mol. The summed E-state index contributed by atoms with van der Waals surface area (Å²) in [5, 5.41) is 15.2. The molecule has 1 saturated heterocycles. The molecule has 0 unspecified atom stereocenters. The number of aromatic nitrogens is 1. The highest BCUT2D eigenvalue weighted by molar-refractivity contribution is 9.10. The van der Waals surface area contributed by atoms with Crippen LogP contribution >= 0.6 is 27.5 Å². The predicted octanol–water partition coefficient (Wildman–Crippen LogP) is 3.60. The minimum atomic E-state index is -0.724. The summed E-state index contributed by atoms with van der Waals surface area (Å²) in [5.41, 5.74) is 0.0297. The molecule has 21 heavy (non-hydrogen) atoms. The van der Waals surface area contributed by atoms with Crippen LogP contribution in [0.25, 0.3) is 10.9 Å². The second-order valence-corrected chi connectivity index (χ2v) is 6.67. The van der Waals surface area contributed by atoms with Crippen LogP contribution in [0.4, 0.5) is 5.82 Å². The molecule has 0 aliphatic carbocycles. The van der Waals surface area contributed by atoms with E-state index in [1.165, 1.54) is 0 Å². The van der Waals surface area contributed by atoms with E-state index < -0.39 is 5.60 Å². The lowest BCUT2D eigenvalue weighted by Gasteiger charge is -2.32. The molecule has 0 amide bonds. The van der Waals surface area contributed by atoms with Crippen LogP contribution in [0.1, 0.15) is 12.8 Å². The normalized spacial score (nSPS) is 17.9. The van der Waals surface area contributed by atoms with Crippen molar-refractivity contribution >= 4 is 44.3 Å². The van der Waals surface area contributed by atoms with Gasteiger partial charge >= 0.3 is 0 Å². The number of benzene rings is 1. The number of anilines is 1. The van der Waals surface area contributed by atoms with Crippen LogP contribution in [0.5, 0.6) is 0 Å². The van der Waals surface area contributed by atoms with Crippen molar-refractivity contribution in [1.29, 1.82) is 0 Å². The summed E-state index contributed by atoms with van der Waals surface area (Å²) < 4.78 is 6.21. The third-order valence-electron chi connectivity index (χ3n) is 3.73. The van der Waals surface area contributed by atoms with Gasteiger partial charge in [-0.25, -0.2) is 4.98 Å². The zero-order valence-corrected chi connectivity index (χ0v) is 13.7. The first-order chi connectivity index (χ1) is 10.1. The van der Waals surface area contributed by atoms with Crippen molar-refractivity contribution in [3.05, 3.63) is 33.8 Å². The van der Waals surface area contributed by atoms with Crippen molar-refractivity contribution in [2.45, 2.75) is 18.4 Å². The van der Waals surface area contributed by atoms with Crippen LogP contribution in [0.3, 0.4) is 0 Å². The molecule has 112 valence electrons. The van der Waals surface area contributed by atoms with Gasteiger partial charge < -0.3 is 15.2 Å². The highest BCUT2D eigenvalue weighted by Gasteiger charge is 2.29. The van der Waals surface area contributed by atoms with E-state index in [0.717, 1.165) is 15.4 Å². The van der Waals surface area contributed by atoms with E-state index in [1.807, 2.05) is 24.3 Å². The van der Waals surface area contributed by atoms with E-state index in [-0.39, 0.29) is 0 Å². The topological polar surface area (TPSA) is 54.4 Å². The Hall–Kier alpha value is -0.880. The van der Waals surface area contributed by atoms with E-state index in [1.54, 1.807) is 0 Å². The Morgan fingerprint density at radius 2 is 2.10 bits per heavy atom. The molecule has 2 N–H and O–H groups in total. The first kappa shape index (κ1) is 15.0. The van der Waals surface area contributed by atoms with Gasteiger partial charge in [0.05, 0.1) is 16.1 Å². The molecule has 1 aliphatic rings. The molecule has 2 aromatic rings. The highest BCUT2D eigenvalue weighted by atomic mass is 79.9. The number of aliphatic hydroxyl groups is 1. The van der Waals surface area contributed by atoms with E-state index in [2.05, 4.69) is 26.2 Å². The summed E-state index contributed by atoms with van der Waals surface area (Å²) in [6.07, 6.45) is 1.28. The zero-order chi connectivity index (χ0) is 14.9. The van der Waals surface area contributed by atoms with Crippen LogP contribution in [-0.2, 0) is 4.74 Å². The number of rotatable bonds is 3. The molecule has 2 heterocycles. The molecule has 3 rings (SSSR count). The fourth-order valence-corrected chi connectivity index (χ4v) is 3.32. The molecular weight excluding hydrogens is 356 g/mol. The quantitative estimate of drug-likeness (QED) is 0.865. The van der Waals surface area contributed by atoms with Gasteiger partial charge in [-0.05, 0) is 24.3 Å². The molecule has 6 heteroatoms. The standard InChI is InChI=1S/C15H16BrClN2O2/c16-11-7-10-1-2-13(19-14(10)12(17)8-11)18-9-15(20)3-5-21-6-4-15/h1-2,7-8,20H,3-6,9H2,(H,18,19). The van der Waals surface area contributed by atoms with Gasteiger partial charge in [-0.1, -0.05) is 27.5 Å². The van der Waals surface area contributed by atoms with Crippen LogP contribution in [-0.4, -0.2) is 35.5 Å². The number of hydrogen-bond donors (Lipinski definition) is 2. The minimum absolute atomic E-state index is 0.461. The van der Waals surface area contributed by atoms with E-state index >= 15 is 0 Å². The molecule has 1 aromatic carbocycles. The maximum atomic E-state index is 10.4. The lowest BCUT2D eigenvalue weighted by Crippen LogP contribution is -2.42. The molecular formula is C15H16BrClN2O2. The predicted molar refractivity (Wildman–Crippen MR) is 87.9 cm³/mol. The molecule has 1 aromatic heterocycles. The number of nitrogens with zero attached hydrogens (tertiary/aromatic N) is 1. The van der Waals surface area contributed by atoms with Gasteiger partial charge in [0, 0.05) is 42.5 Å². The first-order valence-electron chi connectivity index (χ1n) is 6.86. The van der Waals surface area contributed by atoms with E-state index in [9.17, 15) is 5.11 Å². The smallest absolute Gasteiger partial charge is 0.126 e. The Morgan fingerprint density at radius 1 is 1.33 bits per heavy atom. The molecule has 0 spiro atoms. The largest absolute Gasteiger partial charge is 0.388 e. The number of hydrogen-bond acceptors (Lipinski definition) is 4. The molecule has 1 fully saturated rings. The highest BCUT2D eigenvalue weighted by Crippen LogP contribution is 2.28. The monoisotopic (exact) mass is 370 g/mol. The lowest BCUT2D eigenvalue weighted by molar-refractivity contribution is -0.0543. The summed E-state index contributed by atoms with van der Waals surface area (Å²) in [5.74, 6) is 0.714. The maximum Gasteiger partial charge on any atom is 0.126 e. The number of halogens is 2. The van der Waals surface area contributed by atoms with Gasteiger partial charge in [0.15, 0.2) is 0 Å². The van der Waals surface area contributed by atoms with Gasteiger partial charge in [-0.3, -0.25) is 0 Å². The Labute approximate surface area is 136 Å². The van der Waals surface area contributed by atoms with Gasteiger partial charge in [0.2, 0.25) is 0 Å². The zero-order valence-electron chi connectivity index (χ0n) is 11.4. The van der Waals surface area contributed by atoms with E-state index in [0.29, 0.717) is 43.4 Å².